The summed E-state index contributed by atoms with van der Waals surface area (Å²) in [5, 5.41) is 11.9. The first-order chi connectivity index (χ1) is 9.95. The number of phenols is 1. The van der Waals surface area contributed by atoms with Crippen LogP contribution in [0.4, 0.5) is 18.9 Å². The van der Waals surface area contributed by atoms with Gasteiger partial charge in [-0.2, -0.15) is 13.2 Å². The second kappa shape index (κ2) is 6.18. The van der Waals surface area contributed by atoms with Crippen LogP contribution in [0.15, 0.2) is 42.6 Å². The van der Waals surface area contributed by atoms with Crippen molar-refractivity contribution in [2.24, 2.45) is 0 Å². The van der Waals surface area contributed by atoms with Crippen molar-refractivity contribution in [1.82, 2.24) is 4.98 Å². The van der Waals surface area contributed by atoms with Gasteiger partial charge in [0.2, 0.25) is 0 Å². The number of anilines is 1. The molecule has 0 saturated carbocycles. The van der Waals surface area contributed by atoms with E-state index in [1.54, 1.807) is 12.1 Å². The predicted octanol–water partition coefficient (Wildman–Crippen LogP) is 3.27. The molecule has 1 aromatic carbocycles. The van der Waals surface area contributed by atoms with Crippen molar-refractivity contribution >= 4 is 5.69 Å². The molecule has 0 radical (unpaired) electrons. The highest BCUT2D eigenvalue weighted by molar-refractivity contribution is 5.46. The largest absolute Gasteiger partial charge is 0.508 e. The van der Waals surface area contributed by atoms with Gasteiger partial charge in [0.05, 0.1) is 6.54 Å². The van der Waals surface area contributed by atoms with E-state index < -0.39 is 11.9 Å². The molecule has 1 heterocycles. The van der Waals surface area contributed by atoms with Crippen molar-refractivity contribution in [3.63, 3.8) is 0 Å². The number of nitrogens with zero attached hydrogens (tertiary/aromatic N) is 1. The number of hydrogen-bond donors (Lipinski definition) is 2. The monoisotopic (exact) mass is 292 g/mol. The normalized spacial score (nSPS) is 10.6. The number of nitrogens with one attached hydrogen (secondary N) is 1. The number of alkyl halides is 3. The second-order valence-electron chi connectivity index (χ2n) is 4.13. The molecule has 2 N–H and O–H groups in total. The van der Waals surface area contributed by atoms with E-state index >= 15 is 0 Å². The Hall–Kier alpha value is -2.68. The Morgan fingerprint density at radius 1 is 1.14 bits per heavy atom. The minimum atomic E-state index is -4.46. The molecule has 6 heteroatoms. The lowest BCUT2D eigenvalue weighted by Gasteiger charge is -2.07. The summed E-state index contributed by atoms with van der Waals surface area (Å²) in [5.41, 5.74) is 0.0663. The fourth-order valence-corrected chi connectivity index (χ4v) is 1.53. The number of aromatic hydroxyl groups is 1. The molecule has 21 heavy (non-hydrogen) atoms. The van der Waals surface area contributed by atoms with Crippen molar-refractivity contribution in [3.05, 3.63) is 53.9 Å². The number of aromatic nitrogens is 1. The Morgan fingerprint density at radius 3 is 2.52 bits per heavy atom. The molecule has 3 nitrogen and oxygen atoms in total. The number of rotatable bonds is 2. The smallest absolute Gasteiger partial charge is 0.433 e. The second-order valence-corrected chi connectivity index (χ2v) is 4.13. The minimum Gasteiger partial charge on any atom is -0.508 e. The molecule has 0 aliphatic carbocycles. The zero-order valence-corrected chi connectivity index (χ0v) is 10.8. The van der Waals surface area contributed by atoms with Crippen molar-refractivity contribution in [2.75, 3.05) is 11.9 Å². The van der Waals surface area contributed by atoms with E-state index in [2.05, 4.69) is 22.1 Å². The molecule has 0 aliphatic rings. The summed E-state index contributed by atoms with van der Waals surface area (Å²) in [6.07, 6.45) is -3.37. The summed E-state index contributed by atoms with van der Waals surface area (Å²) in [6.45, 7) is 0.197. The van der Waals surface area contributed by atoms with Crippen molar-refractivity contribution in [3.8, 4) is 17.6 Å². The van der Waals surface area contributed by atoms with Gasteiger partial charge in [-0.05, 0) is 36.4 Å². The summed E-state index contributed by atoms with van der Waals surface area (Å²) >= 11 is 0. The lowest BCUT2D eigenvalue weighted by atomic mass is 10.2. The third kappa shape index (κ3) is 4.42. The summed E-state index contributed by atoms with van der Waals surface area (Å²) < 4.78 is 37.4. The van der Waals surface area contributed by atoms with Crippen LogP contribution in [0.3, 0.4) is 0 Å². The van der Waals surface area contributed by atoms with Crippen LogP contribution >= 0.6 is 0 Å². The molecule has 2 aromatic rings. The highest BCUT2D eigenvalue weighted by Gasteiger charge is 2.32. The maximum absolute atomic E-state index is 12.5. The molecule has 2 rings (SSSR count). The van der Waals surface area contributed by atoms with Gasteiger partial charge in [0.25, 0.3) is 0 Å². The van der Waals surface area contributed by atoms with E-state index in [9.17, 15) is 13.2 Å². The molecule has 108 valence electrons. The maximum atomic E-state index is 12.5. The van der Waals surface area contributed by atoms with Crippen LogP contribution in [-0.4, -0.2) is 16.6 Å². The van der Waals surface area contributed by atoms with Crippen molar-refractivity contribution in [1.29, 1.82) is 0 Å². The zero-order valence-electron chi connectivity index (χ0n) is 10.8. The Balaban J connectivity index is 1.97. The average Bonchev–Trinajstić information content (AvgIpc) is 2.45. The topological polar surface area (TPSA) is 45.1 Å². The summed E-state index contributed by atoms with van der Waals surface area (Å²) in [6, 6.07) is 8.69. The van der Waals surface area contributed by atoms with Gasteiger partial charge in [0, 0.05) is 17.4 Å². The van der Waals surface area contributed by atoms with E-state index in [0.717, 1.165) is 12.3 Å². The Kier molecular flexibility index (Phi) is 4.33. The van der Waals surface area contributed by atoms with Gasteiger partial charge in [-0.25, -0.2) is 0 Å². The molecule has 0 saturated heterocycles. The van der Waals surface area contributed by atoms with E-state index in [0.29, 0.717) is 11.3 Å². The first-order valence-electron chi connectivity index (χ1n) is 6.00. The molecule has 0 fully saturated rings. The van der Waals surface area contributed by atoms with E-state index in [-0.39, 0.29) is 12.3 Å². The summed E-state index contributed by atoms with van der Waals surface area (Å²) in [7, 11) is 0. The lowest BCUT2D eigenvalue weighted by molar-refractivity contribution is -0.141. The van der Waals surface area contributed by atoms with E-state index in [1.807, 2.05) is 0 Å². The van der Waals surface area contributed by atoms with Gasteiger partial charge in [-0.15, -0.1) is 0 Å². The first-order valence-corrected chi connectivity index (χ1v) is 6.00. The SMILES string of the molecule is Oc1ccc(C#CCNc2ccnc(C(F)(F)F)c2)cc1. The number of phenolic OH excluding ortho intramolecular Hbond substituents is 1. The van der Waals surface area contributed by atoms with E-state index in [1.165, 1.54) is 18.2 Å². The van der Waals surface area contributed by atoms with Gasteiger partial charge in [-0.3, -0.25) is 4.98 Å². The molecule has 0 amide bonds. The first kappa shape index (κ1) is 14.7. The third-order valence-corrected chi connectivity index (χ3v) is 2.53. The predicted molar refractivity (Wildman–Crippen MR) is 72.7 cm³/mol. The fourth-order valence-electron chi connectivity index (χ4n) is 1.53. The number of pyridine rings is 1. The van der Waals surface area contributed by atoms with Crippen LogP contribution < -0.4 is 5.32 Å². The van der Waals surface area contributed by atoms with Crippen LogP contribution in [0.5, 0.6) is 5.75 Å². The minimum absolute atomic E-state index is 0.148. The Labute approximate surface area is 119 Å². The molecule has 0 unspecified atom stereocenters. The molecule has 1 aromatic heterocycles. The standard InChI is InChI=1S/C15H11F3N2O/c16-15(17,18)14-10-12(7-9-20-14)19-8-1-2-11-3-5-13(21)6-4-11/h3-7,9-10,21H,8H2,(H,19,20). The lowest BCUT2D eigenvalue weighted by Crippen LogP contribution is -2.09. The van der Waals surface area contributed by atoms with Crippen LogP contribution in [-0.2, 0) is 6.18 Å². The fraction of sp³-hybridized carbons (Fsp3) is 0.133. The number of hydrogen-bond acceptors (Lipinski definition) is 3. The quantitative estimate of drug-likeness (QED) is 0.835. The van der Waals surface area contributed by atoms with E-state index in [4.69, 9.17) is 5.11 Å². The molecule has 0 atom stereocenters. The average molecular weight is 292 g/mol. The number of halogens is 3. The molecule has 0 bridgehead atoms. The van der Waals surface area contributed by atoms with Gasteiger partial charge >= 0.3 is 6.18 Å². The van der Waals surface area contributed by atoms with Crippen LogP contribution in [0.25, 0.3) is 0 Å². The number of benzene rings is 1. The van der Waals surface area contributed by atoms with Gasteiger partial charge < -0.3 is 10.4 Å². The maximum Gasteiger partial charge on any atom is 0.433 e. The van der Waals surface area contributed by atoms with Crippen LogP contribution in [0.1, 0.15) is 11.3 Å². The van der Waals surface area contributed by atoms with Crippen LogP contribution in [0.2, 0.25) is 0 Å². The van der Waals surface area contributed by atoms with Crippen LogP contribution in [0, 0.1) is 11.8 Å². The van der Waals surface area contributed by atoms with Gasteiger partial charge in [0.15, 0.2) is 0 Å². The Bertz CT molecular complexity index is 670. The third-order valence-electron chi connectivity index (χ3n) is 2.53. The van der Waals surface area contributed by atoms with Crippen molar-refractivity contribution < 1.29 is 18.3 Å². The molecular formula is C15H11F3N2O. The Morgan fingerprint density at radius 2 is 1.86 bits per heavy atom. The summed E-state index contributed by atoms with van der Waals surface area (Å²) in [5.74, 6) is 5.76. The molecule has 0 spiro atoms. The summed E-state index contributed by atoms with van der Waals surface area (Å²) in [4.78, 5) is 3.27. The zero-order chi connectivity index (χ0) is 15.3. The van der Waals surface area contributed by atoms with Gasteiger partial charge in [-0.1, -0.05) is 11.8 Å². The highest BCUT2D eigenvalue weighted by atomic mass is 19.4. The highest BCUT2D eigenvalue weighted by Crippen LogP contribution is 2.28. The molecular weight excluding hydrogens is 281 g/mol. The van der Waals surface area contributed by atoms with Gasteiger partial charge in [0.1, 0.15) is 11.4 Å². The van der Waals surface area contributed by atoms with Crippen molar-refractivity contribution in [2.45, 2.75) is 6.18 Å². The molecule has 0 aliphatic heterocycles.